The molecule has 0 unspecified atom stereocenters. The molecule has 1 aliphatic rings. The molecule has 0 spiro atoms. The fourth-order valence-electron chi connectivity index (χ4n) is 2.55. The molecule has 1 aliphatic heterocycles. The van der Waals surface area contributed by atoms with Crippen LogP contribution in [0.1, 0.15) is 21.7 Å². The van der Waals surface area contributed by atoms with Crippen molar-refractivity contribution in [2.75, 3.05) is 19.6 Å². The van der Waals surface area contributed by atoms with Gasteiger partial charge >= 0.3 is 5.63 Å². The highest BCUT2D eigenvalue weighted by Gasteiger charge is 2.22. The number of hydrogen-bond donors (Lipinski definition) is 2. The number of nitrogens with zero attached hydrogens (tertiary/aromatic N) is 2. The lowest BCUT2D eigenvalue weighted by Crippen LogP contribution is -2.49. The van der Waals surface area contributed by atoms with Gasteiger partial charge in [-0.2, -0.15) is 0 Å². The summed E-state index contributed by atoms with van der Waals surface area (Å²) >= 11 is 0. The minimum atomic E-state index is -0.679. The Morgan fingerprint density at radius 1 is 1.31 bits per heavy atom. The second-order valence-corrected chi connectivity index (χ2v) is 5.83. The van der Waals surface area contributed by atoms with Crippen molar-refractivity contribution < 1.29 is 19.1 Å². The van der Waals surface area contributed by atoms with Crippen LogP contribution in [0.25, 0.3) is 0 Å². The molecule has 3 rings (SSSR count). The van der Waals surface area contributed by atoms with Crippen molar-refractivity contribution in [2.24, 2.45) is 4.99 Å². The topological polar surface area (TPSA) is 112 Å². The molecule has 134 valence electrons. The van der Waals surface area contributed by atoms with E-state index in [9.17, 15) is 19.5 Å². The van der Waals surface area contributed by atoms with E-state index in [4.69, 9.17) is 4.42 Å². The van der Waals surface area contributed by atoms with Crippen molar-refractivity contribution in [3.05, 3.63) is 57.6 Å². The third kappa shape index (κ3) is 3.80. The summed E-state index contributed by atoms with van der Waals surface area (Å²) in [5.74, 6) is -0.314. The highest BCUT2D eigenvalue weighted by atomic mass is 16.4. The Morgan fingerprint density at radius 2 is 2.04 bits per heavy atom. The summed E-state index contributed by atoms with van der Waals surface area (Å²) in [6.07, 6.45) is 1.21. The molecule has 1 saturated heterocycles. The maximum atomic E-state index is 12.4. The smallest absolute Gasteiger partial charge is 0.348 e. The molecule has 1 aromatic carbocycles. The molecule has 2 N–H and O–H groups in total. The number of aryl methyl sites for hydroxylation is 1. The zero-order chi connectivity index (χ0) is 18.7. The Kier molecular flexibility index (Phi) is 4.83. The summed E-state index contributed by atoms with van der Waals surface area (Å²) in [6, 6.07) is 7.75. The Bertz CT molecular complexity index is 931. The Hall–Kier alpha value is -3.42. The second kappa shape index (κ2) is 7.22. The molecule has 0 saturated carbocycles. The Labute approximate surface area is 148 Å². The largest absolute Gasteiger partial charge is 0.507 e. The van der Waals surface area contributed by atoms with Crippen LogP contribution in [0, 0.1) is 6.92 Å². The van der Waals surface area contributed by atoms with Crippen LogP contribution in [-0.4, -0.2) is 47.7 Å². The van der Waals surface area contributed by atoms with Crippen molar-refractivity contribution in [3.63, 3.8) is 0 Å². The van der Waals surface area contributed by atoms with Gasteiger partial charge in [-0.15, -0.1) is 0 Å². The third-order valence-corrected chi connectivity index (χ3v) is 3.87. The summed E-state index contributed by atoms with van der Waals surface area (Å²) in [7, 11) is 0. The normalized spacial score (nSPS) is 14.5. The molecule has 0 atom stereocenters. The average Bonchev–Trinajstić information content (AvgIpc) is 2.61. The van der Waals surface area contributed by atoms with Crippen LogP contribution in [0.4, 0.5) is 5.69 Å². The first-order chi connectivity index (χ1) is 12.4. The van der Waals surface area contributed by atoms with Gasteiger partial charge in [0.25, 0.3) is 5.91 Å². The molecule has 0 aliphatic carbocycles. The zero-order valence-electron chi connectivity index (χ0n) is 14.1. The number of carbonyl (C=O) groups is 2. The first-order valence-corrected chi connectivity index (χ1v) is 7.98. The van der Waals surface area contributed by atoms with Crippen LogP contribution < -0.4 is 10.9 Å². The molecule has 26 heavy (non-hydrogen) atoms. The van der Waals surface area contributed by atoms with Crippen molar-refractivity contribution in [1.29, 1.82) is 0 Å². The summed E-state index contributed by atoms with van der Waals surface area (Å²) < 4.78 is 4.91. The summed E-state index contributed by atoms with van der Waals surface area (Å²) in [6.45, 7) is 2.51. The maximum Gasteiger partial charge on any atom is 0.348 e. The molecule has 2 heterocycles. The van der Waals surface area contributed by atoms with E-state index >= 15 is 0 Å². The van der Waals surface area contributed by atoms with Crippen LogP contribution >= 0.6 is 0 Å². The number of rotatable bonds is 3. The monoisotopic (exact) mass is 355 g/mol. The van der Waals surface area contributed by atoms with E-state index in [-0.39, 0.29) is 29.7 Å². The molecule has 1 fully saturated rings. The number of nitrogens with one attached hydrogen (secondary N) is 1. The average molecular weight is 355 g/mol. The lowest BCUT2D eigenvalue weighted by Gasteiger charge is -2.26. The predicted octanol–water partition coefficient (Wildman–Crippen LogP) is 0.976. The maximum absolute atomic E-state index is 12.4. The van der Waals surface area contributed by atoms with E-state index in [2.05, 4.69) is 10.3 Å². The van der Waals surface area contributed by atoms with E-state index in [0.717, 1.165) is 0 Å². The highest BCUT2D eigenvalue weighted by molar-refractivity contribution is 5.97. The van der Waals surface area contributed by atoms with E-state index in [1.807, 2.05) is 0 Å². The summed E-state index contributed by atoms with van der Waals surface area (Å²) in [4.78, 5) is 41.1. The van der Waals surface area contributed by atoms with Crippen LogP contribution in [0.15, 0.2) is 44.5 Å². The summed E-state index contributed by atoms with van der Waals surface area (Å²) in [5, 5.41) is 12.5. The molecule has 0 radical (unpaired) electrons. The van der Waals surface area contributed by atoms with Gasteiger partial charge in [-0.05, 0) is 31.2 Å². The number of amides is 2. The van der Waals surface area contributed by atoms with Gasteiger partial charge in [0, 0.05) is 30.9 Å². The van der Waals surface area contributed by atoms with Crippen molar-refractivity contribution in [2.45, 2.75) is 6.92 Å². The SMILES string of the molecule is Cc1cc(O)c(C=Nc2ccc(C(=O)N3CCNC(=O)C3)cc2)c(=O)o1. The highest BCUT2D eigenvalue weighted by Crippen LogP contribution is 2.17. The molecule has 2 amide bonds. The molecular weight excluding hydrogens is 338 g/mol. The number of hydrogen-bond acceptors (Lipinski definition) is 6. The molecule has 0 bridgehead atoms. The van der Waals surface area contributed by atoms with Crippen molar-refractivity contribution in [3.8, 4) is 5.75 Å². The minimum Gasteiger partial charge on any atom is -0.507 e. The Balaban J connectivity index is 1.75. The Morgan fingerprint density at radius 3 is 2.69 bits per heavy atom. The number of aromatic hydroxyl groups is 1. The molecule has 2 aromatic rings. The van der Waals surface area contributed by atoms with Gasteiger partial charge in [0.1, 0.15) is 17.1 Å². The quantitative estimate of drug-likeness (QED) is 0.797. The van der Waals surface area contributed by atoms with E-state index in [1.54, 1.807) is 31.2 Å². The van der Waals surface area contributed by atoms with Crippen LogP contribution in [0.5, 0.6) is 5.75 Å². The fraction of sp³-hybridized carbons (Fsp3) is 0.222. The number of benzene rings is 1. The molecular formula is C18H17N3O5. The first kappa shape index (κ1) is 17.4. The van der Waals surface area contributed by atoms with Gasteiger partial charge in [0.15, 0.2) is 0 Å². The van der Waals surface area contributed by atoms with Gasteiger partial charge in [0.2, 0.25) is 5.91 Å². The molecule has 8 nitrogen and oxygen atoms in total. The van der Waals surface area contributed by atoms with Crippen LogP contribution in [0.3, 0.4) is 0 Å². The number of aliphatic imine (C=N–C) groups is 1. The van der Waals surface area contributed by atoms with Crippen LogP contribution in [-0.2, 0) is 4.79 Å². The van der Waals surface area contributed by atoms with Crippen LogP contribution in [0.2, 0.25) is 0 Å². The lowest BCUT2D eigenvalue weighted by molar-refractivity contribution is -0.123. The second-order valence-electron chi connectivity index (χ2n) is 5.83. The van der Waals surface area contributed by atoms with Gasteiger partial charge < -0.3 is 19.7 Å². The van der Waals surface area contributed by atoms with Gasteiger partial charge in [0.05, 0.1) is 12.2 Å². The van der Waals surface area contributed by atoms with Gasteiger partial charge in [-0.1, -0.05) is 0 Å². The summed E-state index contributed by atoms with van der Waals surface area (Å²) in [5.41, 5.74) is 0.213. The standard InChI is InChI=1S/C18H17N3O5/c1-11-8-15(22)14(18(25)26-11)9-20-13-4-2-12(3-5-13)17(24)21-7-6-19-16(23)10-21/h2-5,8-9,22H,6-7,10H2,1H3,(H,19,23). The van der Waals surface area contributed by atoms with E-state index in [0.29, 0.717) is 30.1 Å². The van der Waals surface area contributed by atoms with Crippen molar-refractivity contribution >= 4 is 23.7 Å². The molecule has 8 heteroatoms. The minimum absolute atomic E-state index is 0.0429. The zero-order valence-corrected chi connectivity index (χ0v) is 14.1. The lowest BCUT2D eigenvalue weighted by atomic mass is 10.1. The molecule has 1 aromatic heterocycles. The van der Waals surface area contributed by atoms with E-state index in [1.165, 1.54) is 17.2 Å². The number of carbonyl (C=O) groups excluding carboxylic acids is 2. The van der Waals surface area contributed by atoms with E-state index < -0.39 is 5.63 Å². The van der Waals surface area contributed by atoms with Gasteiger partial charge in [-0.25, -0.2) is 4.79 Å². The van der Waals surface area contributed by atoms with Crippen molar-refractivity contribution in [1.82, 2.24) is 10.2 Å². The fourth-order valence-corrected chi connectivity index (χ4v) is 2.55. The third-order valence-electron chi connectivity index (χ3n) is 3.87. The van der Waals surface area contributed by atoms with Gasteiger partial charge in [-0.3, -0.25) is 14.6 Å². The predicted molar refractivity (Wildman–Crippen MR) is 94.0 cm³/mol. The number of piperazine rings is 1. The first-order valence-electron chi connectivity index (χ1n) is 7.98.